The minimum atomic E-state index is -2.95. The predicted octanol–water partition coefficient (Wildman–Crippen LogP) is 4.96. The van der Waals surface area contributed by atoms with Gasteiger partial charge in [0.2, 0.25) is 0 Å². The van der Waals surface area contributed by atoms with Gasteiger partial charge in [0.25, 0.3) is 8.32 Å². The van der Waals surface area contributed by atoms with Gasteiger partial charge in [-0.25, -0.2) is 4.79 Å². The summed E-state index contributed by atoms with van der Waals surface area (Å²) in [5, 5.41) is 3.71. The van der Waals surface area contributed by atoms with Gasteiger partial charge in [0.05, 0.1) is 19.3 Å². The second-order valence-corrected chi connectivity index (χ2v) is 15.5. The Bertz CT molecular complexity index is 1200. The molecule has 7 heteroatoms. The molecule has 2 atom stereocenters. The van der Waals surface area contributed by atoms with E-state index in [0.29, 0.717) is 5.56 Å². The van der Waals surface area contributed by atoms with Crippen molar-refractivity contribution in [1.82, 2.24) is 0 Å². The van der Waals surface area contributed by atoms with Gasteiger partial charge in [0, 0.05) is 0 Å². The van der Waals surface area contributed by atoms with Gasteiger partial charge in [0.15, 0.2) is 4.75 Å². The molecule has 37 heavy (non-hydrogen) atoms. The highest BCUT2D eigenvalue weighted by Crippen LogP contribution is 2.43. The summed E-state index contributed by atoms with van der Waals surface area (Å²) in [5.41, 5.74) is 0.416. The molecule has 0 radical (unpaired) electrons. The first kappa shape index (κ1) is 26.9. The molecule has 0 saturated carbocycles. The van der Waals surface area contributed by atoms with Crippen molar-refractivity contribution < 1.29 is 23.5 Å². The summed E-state index contributed by atoms with van der Waals surface area (Å²) in [6.45, 7) is 6.54. The topological polar surface area (TPSA) is 61.8 Å². The molecule has 0 aliphatic carbocycles. The van der Waals surface area contributed by atoms with Gasteiger partial charge in [0.1, 0.15) is 6.10 Å². The van der Waals surface area contributed by atoms with Crippen molar-refractivity contribution in [2.75, 3.05) is 13.7 Å². The van der Waals surface area contributed by atoms with Crippen LogP contribution in [0.3, 0.4) is 0 Å². The van der Waals surface area contributed by atoms with Gasteiger partial charge in [-0.2, -0.15) is 0 Å². The molecule has 4 rings (SSSR count). The fourth-order valence-electron chi connectivity index (χ4n) is 4.84. The number of methoxy groups -OCH3 is 1. The first-order valence-electron chi connectivity index (χ1n) is 12.2. The lowest BCUT2D eigenvalue weighted by Gasteiger charge is -2.45. The molecular weight excluding hydrogens is 500 g/mol. The van der Waals surface area contributed by atoms with E-state index < -0.39 is 31.1 Å². The minimum absolute atomic E-state index is 0.0113. The fourth-order valence-corrected chi connectivity index (χ4v) is 10.6. The van der Waals surface area contributed by atoms with E-state index in [0.717, 1.165) is 10.4 Å². The van der Waals surface area contributed by atoms with E-state index in [-0.39, 0.29) is 11.6 Å². The van der Waals surface area contributed by atoms with Crippen LogP contribution >= 0.6 is 11.8 Å². The van der Waals surface area contributed by atoms with E-state index >= 15 is 0 Å². The molecule has 0 bridgehead atoms. The van der Waals surface area contributed by atoms with Crippen LogP contribution in [0.5, 0.6) is 0 Å². The van der Waals surface area contributed by atoms with Gasteiger partial charge in [-0.3, -0.25) is 4.79 Å². The highest BCUT2D eigenvalue weighted by Gasteiger charge is 2.56. The number of carbonyl (C=O) groups excluding carboxylic acids is 2. The highest BCUT2D eigenvalue weighted by atomic mass is 32.2. The first-order chi connectivity index (χ1) is 17.7. The molecule has 0 fully saturated rings. The summed E-state index contributed by atoms with van der Waals surface area (Å²) in [5.74, 6) is -0.997. The van der Waals surface area contributed by atoms with Crippen LogP contribution in [0.4, 0.5) is 0 Å². The predicted molar refractivity (Wildman–Crippen MR) is 151 cm³/mol. The van der Waals surface area contributed by atoms with Crippen molar-refractivity contribution in [2.24, 2.45) is 0 Å². The van der Waals surface area contributed by atoms with Crippen LogP contribution in [-0.2, 0) is 18.7 Å². The molecular formula is C30H32O5SSi. The average Bonchev–Trinajstić information content (AvgIpc) is 3.32. The zero-order valence-corrected chi connectivity index (χ0v) is 23.4. The van der Waals surface area contributed by atoms with Crippen molar-refractivity contribution in [1.29, 1.82) is 0 Å². The third-order valence-corrected chi connectivity index (χ3v) is 12.9. The molecule has 0 aromatic heterocycles. The lowest BCUT2D eigenvalue weighted by molar-refractivity contribution is -0.147. The molecule has 192 valence electrons. The van der Waals surface area contributed by atoms with E-state index in [1.807, 2.05) is 42.5 Å². The van der Waals surface area contributed by atoms with Crippen LogP contribution in [-0.4, -0.2) is 44.8 Å². The van der Waals surface area contributed by atoms with Crippen LogP contribution in [0, 0.1) is 0 Å². The van der Waals surface area contributed by atoms with Crippen LogP contribution in [0.15, 0.2) is 102 Å². The molecule has 3 aromatic rings. The summed E-state index contributed by atoms with van der Waals surface area (Å²) in [4.78, 5) is 26.3. The first-order valence-corrected chi connectivity index (χ1v) is 15.0. The second-order valence-electron chi connectivity index (χ2n) is 9.97. The summed E-state index contributed by atoms with van der Waals surface area (Å²) in [7, 11) is -1.60. The maximum atomic E-state index is 13.4. The largest absolute Gasteiger partial charge is 0.468 e. The molecule has 0 amide bonds. The smallest absolute Gasteiger partial charge is 0.338 e. The summed E-state index contributed by atoms with van der Waals surface area (Å²) >= 11 is 1.27. The van der Waals surface area contributed by atoms with Crippen LogP contribution in [0.25, 0.3) is 0 Å². The summed E-state index contributed by atoms with van der Waals surface area (Å²) in [6, 6.07) is 29.2. The number of esters is 2. The lowest BCUT2D eigenvalue weighted by atomic mass is 10.0. The van der Waals surface area contributed by atoms with Gasteiger partial charge in [-0.05, 0) is 39.0 Å². The van der Waals surface area contributed by atoms with Crippen molar-refractivity contribution in [3.63, 3.8) is 0 Å². The van der Waals surface area contributed by atoms with E-state index in [1.54, 1.807) is 35.7 Å². The summed E-state index contributed by atoms with van der Waals surface area (Å²) < 4.78 is 17.0. The molecule has 0 spiro atoms. The van der Waals surface area contributed by atoms with Crippen molar-refractivity contribution in [2.45, 2.75) is 36.7 Å². The minimum Gasteiger partial charge on any atom is -0.468 e. The van der Waals surface area contributed by atoms with E-state index in [9.17, 15) is 9.59 Å². The van der Waals surface area contributed by atoms with Crippen LogP contribution < -0.4 is 10.4 Å². The maximum absolute atomic E-state index is 13.4. The Hall–Kier alpha value is -3.13. The van der Waals surface area contributed by atoms with Crippen LogP contribution in [0.2, 0.25) is 5.04 Å². The van der Waals surface area contributed by atoms with E-state index in [2.05, 4.69) is 45.0 Å². The molecule has 0 unspecified atom stereocenters. The lowest BCUT2D eigenvalue weighted by Crippen LogP contribution is -2.68. The molecule has 0 N–H and O–H groups in total. The Morgan fingerprint density at radius 2 is 1.38 bits per heavy atom. The Kier molecular flexibility index (Phi) is 8.07. The molecule has 1 heterocycles. The van der Waals surface area contributed by atoms with Crippen molar-refractivity contribution in [3.8, 4) is 0 Å². The standard InChI is InChI=1S/C30H32O5SSi/c1-29(2,3)37(24-16-10-6-11-17-24,25-18-12-7-13-19-25)34-22-30(28(32)33-4)26(20-21-36-30)35-27(31)23-14-8-5-9-15-23/h5-21,26H,22H2,1-4H3/t26-,30-/m1/s1. The number of benzene rings is 3. The zero-order valence-electron chi connectivity index (χ0n) is 21.5. The Morgan fingerprint density at radius 1 is 0.865 bits per heavy atom. The van der Waals surface area contributed by atoms with Gasteiger partial charge in [-0.15, -0.1) is 11.8 Å². The van der Waals surface area contributed by atoms with Gasteiger partial charge in [-0.1, -0.05) is 99.6 Å². The number of carbonyl (C=O) groups is 2. The number of thioether (sulfide) groups is 1. The number of rotatable bonds is 8. The highest BCUT2D eigenvalue weighted by molar-refractivity contribution is 8.04. The Labute approximate surface area is 224 Å². The quantitative estimate of drug-likeness (QED) is 0.302. The van der Waals surface area contributed by atoms with Crippen LogP contribution in [0.1, 0.15) is 31.1 Å². The molecule has 1 aliphatic heterocycles. The monoisotopic (exact) mass is 532 g/mol. The molecule has 3 aromatic carbocycles. The third-order valence-electron chi connectivity index (χ3n) is 6.69. The van der Waals surface area contributed by atoms with E-state index in [4.69, 9.17) is 13.9 Å². The SMILES string of the molecule is COC(=O)[C@]1(CO[Si](c2ccccc2)(c2ccccc2)C(C)(C)C)SC=C[C@H]1OC(=O)c1ccccc1. The van der Waals surface area contributed by atoms with Gasteiger partial charge < -0.3 is 13.9 Å². The Balaban J connectivity index is 1.75. The second kappa shape index (κ2) is 11.1. The van der Waals surface area contributed by atoms with Gasteiger partial charge >= 0.3 is 11.9 Å². The molecule has 0 saturated heterocycles. The van der Waals surface area contributed by atoms with E-state index in [1.165, 1.54) is 18.9 Å². The van der Waals surface area contributed by atoms with Crippen molar-refractivity contribution in [3.05, 3.63) is 108 Å². The number of hydrogen-bond donors (Lipinski definition) is 0. The Morgan fingerprint density at radius 3 is 1.86 bits per heavy atom. The third kappa shape index (κ3) is 5.16. The van der Waals surface area contributed by atoms with Crippen molar-refractivity contribution >= 4 is 42.4 Å². The number of ether oxygens (including phenoxy) is 2. The molecule has 5 nitrogen and oxygen atoms in total. The molecule has 1 aliphatic rings. The summed E-state index contributed by atoms with van der Waals surface area (Å²) in [6.07, 6.45) is 0.882. The maximum Gasteiger partial charge on any atom is 0.338 e. The number of hydrogen-bond acceptors (Lipinski definition) is 6. The fraction of sp³-hybridized carbons (Fsp3) is 0.267. The average molecular weight is 533 g/mol. The zero-order chi connectivity index (χ0) is 26.5. The normalized spacial score (nSPS) is 19.4.